The minimum Gasteiger partial charge on any atom is -0.508 e. The first kappa shape index (κ1) is 34.6. The SMILES string of the molecule is CCC(C)(CC1=CC(O)=CC(Cc2ccc(C(C)(C)CC3=CCC=CC(O)=C3)cc2)=CC=C1)c1ccc(CC2=CCC=CC(O)=C2)cc1. The highest BCUT2D eigenvalue weighted by Crippen LogP contribution is 2.36. The summed E-state index contributed by atoms with van der Waals surface area (Å²) in [6.45, 7) is 9.02. The van der Waals surface area contributed by atoms with Gasteiger partial charge in [0, 0.05) is 0 Å². The van der Waals surface area contributed by atoms with Gasteiger partial charge in [-0.2, -0.15) is 0 Å². The molecule has 2 aromatic carbocycles. The van der Waals surface area contributed by atoms with Gasteiger partial charge in [-0.3, -0.25) is 0 Å². The maximum absolute atomic E-state index is 11.0. The molecule has 0 amide bonds. The summed E-state index contributed by atoms with van der Waals surface area (Å²) in [5, 5.41) is 31.0. The molecule has 48 heavy (non-hydrogen) atoms. The zero-order valence-electron chi connectivity index (χ0n) is 28.9. The van der Waals surface area contributed by atoms with E-state index in [2.05, 4.69) is 107 Å². The van der Waals surface area contributed by atoms with Crippen molar-refractivity contribution in [3.05, 3.63) is 189 Å². The quantitative estimate of drug-likeness (QED) is 0.229. The third kappa shape index (κ3) is 9.41. The normalized spacial score (nSPS) is 18.0. The van der Waals surface area contributed by atoms with Gasteiger partial charge in [-0.25, -0.2) is 0 Å². The monoisotopic (exact) mass is 638 g/mol. The van der Waals surface area contributed by atoms with Crippen molar-refractivity contribution < 1.29 is 15.3 Å². The molecule has 0 bridgehead atoms. The predicted molar refractivity (Wildman–Crippen MR) is 201 cm³/mol. The van der Waals surface area contributed by atoms with E-state index in [0.29, 0.717) is 11.5 Å². The summed E-state index contributed by atoms with van der Waals surface area (Å²) in [5.41, 5.74) is 9.23. The third-order valence-corrected chi connectivity index (χ3v) is 9.79. The largest absolute Gasteiger partial charge is 0.508 e. The molecule has 0 spiro atoms. The molecular formula is C45H50O3. The second kappa shape index (κ2) is 15.4. The Morgan fingerprint density at radius 3 is 1.73 bits per heavy atom. The summed E-state index contributed by atoms with van der Waals surface area (Å²) < 4.78 is 0. The van der Waals surface area contributed by atoms with Crippen molar-refractivity contribution in [2.45, 2.75) is 83.5 Å². The molecule has 0 aromatic heterocycles. The van der Waals surface area contributed by atoms with Crippen molar-refractivity contribution in [2.75, 3.05) is 0 Å². The Bertz CT molecular complexity index is 1780. The van der Waals surface area contributed by atoms with E-state index in [0.717, 1.165) is 67.2 Å². The predicted octanol–water partition coefficient (Wildman–Crippen LogP) is 11.7. The van der Waals surface area contributed by atoms with Crippen LogP contribution in [0.1, 0.15) is 82.1 Å². The first-order valence-corrected chi connectivity index (χ1v) is 17.2. The highest BCUT2D eigenvalue weighted by Gasteiger charge is 2.26. The number of aliphatic hydroxyl groups excluding tert-OH is 3. The van der Waals surface area contributed by atoms with Crippen LogP contribution in [0.15, 0.2) is 167 Å². The molecule has 1 unspecified atom stereocenters. The molecule has 3 aliphatic rings. The van der Waals surface area contributed by atoms with Gasteiger partial charge >= 0.3 is 0 Å². The second-order valence-electron chi connectivity index (χ2n) is 14.3. The molecule has 1 atom stereocenters. The Kier molecular flexibility index (Phi) is 11.1. The van der Waals surface area contributed by atoms with Gasteiger partial charge in [0.2, 0.25) is 0 Å². The minimum absolute atomic E-state index is 0.0747. The van der Waals surface area contributed by atoms with Crippen molar-refractivity contribution in [3.8, 4) is 0 Å². The lowest BCUT2D eigenvalue weighted by Gasteiger charge is -2.30. The van der Waals surface area contributed by atoms with Crippen LogP contribution in [0.2, 0.25) is 0 Å². The van der Waals surface area contributed by atoms with Gasteiger partial charge in [-0.1, -0.05) is 119 Å². The van der Waals surface area contributed by atoms with Crippen LogP contribution in [0.5, 0.6) is 0 Å². The molecule has 3 aliphatic carbocycles. The zero-order valence-corrected chi connectivity index (χ0v) is 28.9. The fourth-order valence-corrected chi connectivity index (χ4v) is 6.75. The lowest BCUT2D eigenvalue weighted by atomic mass is 9.74. The maximum Gasteiger partial charge on any atom is 0.116 e. The van der Waals surface area contributed by atoms with Crippen LogP contribution < -0.4 is 0 Å². The van der Waals surface area contributed by atoms with E-state index in [9.17, 15) is 15.3 Å². The summed E-state index contributed by atoms with van der Waals surface area (Å²) in [7, 11) is 0. The highest BCUT2D eigenvalue weighted by atomic mass is 16.3. The van der Waals surface area contributed by atoms with Crippen molar-refractivity contribution in [1.29, 1.82) is 0 Å². The Balaban J connectivity index is 1.22. The number of hydrogen-bond acceptors (Lipinski definition) is 3. The molecule has 0 radical (unpaired) electrons. The van der Waals surface area contributed by atoms with E-state index < -0.39 is 0 Å². The maximum atomic E-state index is 11.0. The van der Waals surface area contributed by atoms with Gasteiger partial charge in [0.1, 0.15) is 17.3 Å². The second-order valence-corrected chi connectivity index (χ2v) is 14.3. The Morgan fingerprint density at radius 2 is 1.10 bits per heavy atom. The standard InChI is InChI=1S/C45H50O3/c1-5-45(4,40-23-19-34(20-24-40)25-35-11-6-8-15-41(46)27-35)32-38-14-10-13-36(28-43(48)30-38)26-33-17-21-39(22-18-33)44(2,3)31-37-12-7-9-16-42(47)29-37/h8-24,27-30,46-48H,5-7,25-26,31-32H2,1-4H3. The molecule has 3 N–H and O–H groups in total. The zero-order chi connectivity index (χ0) is 34.1. The minimum atomic E-state index is -0.0831. The van der Waals surface area contributed by atoms with Crippen LogP contribution in [0.3, 0.4) is 0 Å². The van der Waals surface area contributed by atoms with Gasteiger partial charge < -0.3 is 15.3 Å². The van der Waals surface area contributed by atoms with E-state index >= 15 is 0 Å². The van der Waals surface area contributed by atoms with Crippen LogP contribution in [-0.2, 0) is 23.7 Å². The molecule has 0 heterocycles. The molecule has 2 aromatic rings. The molecule has 248 valence electrons. The third-order valence-electron chi connectivity index (χ3n) is 9.79. The van der Waals surface area contributed by atoms with Gasteiger partial charge in [-0.05, 0) is 137 Å². The molecule has 0 aliphatic heterocycles. The van der Waals surface area contributed by atoms with Gasteiger partial charge in [0.15, 0.2) is 0 Å². The molecule has 0 saturated heterocycles. The number of rotatable bonds is 11. The van der Waals surface area contributed by atoms with E-state index in [1.165, 1.54) is 22.3 Å². The fourth-order valence-electron chi connectivity index (χ4n) is 6.75. The number of allylic oxidation sites excluding steroid dienone is 17. The molecule has 3 heteroatoms. The van der Waals surface area contributed by atoms with Gasteiger partial charge in [-0.15, -0.1) is 0 Å². The first-order valence-electron chi connectivity index (χ1n) is 17.2. The summed E-state index contributed by atoms with van der Waals surface area (Å²) in [6, 6.07) is 17.7. The van der Waals surface area contributed by atoms with Crippen molar-refractivity contribution in [1.82, 2.24) is 0 Å². The number of hydrogen-bond donors (Lipinski definition) is 3. The average molecular weight is 639 g/mol. The Hall–Kier alpha value is -4.76. The van der Waals surface area contributed by atoms with Crippen molar-refractivity contribution >= 4 is 0 Å². The summed E-state index contributed by atoms with van der Waals surface area (Å²) in [4.78, 5) is 0. The summed E-state index contributed by atoms with van der Waals surface area (Å²) in [5.74, 6) is 0.894. The van der Waals surface area contributed by atoms with E-state index in [-0.39, 0.29) is 16.6 Å². The Morgan fingerprint density at radius 1 is 0.562 bits per heavy atom. The van der Waals surface area contributed by atoms with Crippen molar-refractivity contribution in [3.63, 3.8) is 0 Å². The molecule has 0 fully saturated rings. The van der Waals surface area contributed by atoms with Crippen LogP contribution >= 0.6 is 0 Å². The Labute approximate surface area is 287 Å². The van der Waals surface area contributed by atoms with Gasteiger partial charge in [0.25, 0.3) is 0 Å². The average Bonchev–Trinajstić information content (AvgIpc) is 3.38. The smallest absolute Gasteiger partial charge is 0.116 e. The van der Waals surface area contributed by atoms with E-state index in [1.54, 1.807) is 12.2 Å². The lowest BCUT2D eigenvalue weighted by molar-refractivity contribution is 0.426. The summed E-state index contributed by atoms with van der Waals surface area (Å²) in [6.07, 6.45) is 31.5. The first-order chi connectivity index (χ1) is 23.0. The van der Waals surface area contributed by atoms with Gasteiger partial charge in [0.05, 0.1) is 0 Å². The molecular weight excluding hydrogens is 588 g/mol. The fraction of sp³-hybridized carbons (Fsp3) is 0.289. The number of aliphatic hydroxyl groups is 3. The molecule has 5 rings (SSSR count). The topological polar surface area (TPSA) is 60.7 Å². The lowest BCUT2D eigenvalue weighted by Crippen LogP contribution is -2.21. The van der Waals surface area contributed by atoms with E-state index in [4.69, 9.17) is 0 Å². The van der Waals surface area contributed by atoms with Crippen molar-refractivity contribution in [2.24, 2.45) is 0 Å². The van der Waals surface area contributed by atoms with Crippen LogP contribution in [-0.4, -0.2) is 15.3 Å². The van der Waals surface area contributed by atoms with Crippen LogP contribution in [0, 0.1) is 0 Å². The highest BCUT2D eigenvalue weighted by molar-refractivity contribution is 5.43. The number of benzene rings is 2. The molecule has 3 nitrogen and oxygen atoms in total. The van der Waals surface area contributed by atoms with Crippen LogP contribution in [0.4, 0.5) is 0 Å². The van der Waals surface area contributed by atoms with Crippen LogP contribution in [0.25, 0.3) is 0 Å². The summed E-state index contributed by atoms with van der Waals surface area (Å²) >= 11 is 0. The molecule has 0 saturated carbocycles. The van der Waals surface area contributed by atoms with E-state index in [1.807, 2.05) is 36.5 Å².